The van der Waals surface area contributed by atoms with Crippen LogP contribution in [0.15, 0.2) is 30.6 Å². The number of hydrogen-bond acceptors (Lipinski definition) is 2. The summed E-state index contributed by atoms with van der Waals surface area (Å²) in [6.45, 7) is 0.615. The highest BCUT2D eigenvalue weighted by molar-refractivity contribution is 6.17. The van der Waals surface area contributed by atoms with Crippen LogP contribution < -0.4 is 4.84 Å². The Hall–Kier alpha value is -1.22. The molecule has 0 aliphatic carbocycles. The summed E-state index contributed by atoms with van der Waals surface area (Å²) in [7, 11) is 0. The lowest BCUT2D eigenvalue weighted by Crippen LogP contribution is -2.11. The van der Waals surface area contributed by atoms with Gasteiger partial charge in [-0.25, -0.2) is 4.98 Å². The van der Waals surface area contributed by atoms with E-state index in [4.69, 9.17) is 16.4 Å². The number of hydrogen-bond donors (Lipinski definition) is 0. The van der Waals surface area contributed by atoms with E-state index in [-0.39, 0.29) is 0 Å². The minimum Gasteiger partial charge on any atom is -0.412 e. The summed E-state index contributed by atoms with van der Waals surface area (Å²) in [5, 5.41) is 0. The summed E-state index contributed by atoms with van der Waals surface area (Å²) in [6, 6.07) is 7.85. The van der Waals surface area contributed by atoms with Gasteiger partial charge in [0.2, 0.25) is 0 Å². The van der Waals surface area contributed by atoms with E-state index in [9.17, 15) is 0 Å². The van der Waals surface area contributed by atoms with Crippen molar-refractivity contribution in [2.24, 2.45) is 0 Å². The van der Waals surface area contributed by atoms with Crippen LogP contribution in [0.2, 0.25) is 0 Å². The van der Waals surface area contributed by atoms with E-state index in [1.54, 1.807) is 11.1 Å². The van der Waals surface area contributed by atoms with Crippen LogP contribution in [-0.4, -0.2) is 22.2 Å². The van der Waals surface area contributed by atoms with Crippen molar-refractivity contribution < 1.29 is 4.84 Å². The molecular formula is C10H11ClN2O. The molecule has 0 aliphatic heterocycles. The van der Waals surface area contributed by atoms with Gasteiger partial charge >= 0.3 is 0 Å². The molecule has 2 rings (SSSR count). The van der Waals surface area contributed by atoms with Gasteiger partial charge in [-0.05, 0) is 18.6 Å². The van der Waals surface area contributed by atoms with Crippen LogP contribution in [0.25, 0.3) is 11.0 Å². The molecule has 2 aromatic rings. The van der Waals surface area contributed by atoms with Gasteiger partial charge in [0.05, 0.1) is 5.52 Å². The molecule has 3 nitrogen and oxygen atoms in total. The Morgan fingerprint density at radius 3 is 3.07 bits per heavy atom. The molecule has 0 atom stereocenters. The van der Waals surface area contributed by atoms with E-state index in [1.807, 2.05) is 24.3 Å². The molecule has 0 saturated carbocycles. The van der Waals surface area contributed by atoms with E-state index in [0.29, 0.717) is 12.5 Å². The van der Waals surface area contributed by atoms with Crippen LogP contribution in [0.5, 0.6) is 0 Å². The normalized spacial score (nSPS) is 10.6. The largest absolute Gasteiger partial charge is 0.412 e. The number of imidazole rings is 1. The third-order valence-corrected chi connectivity index (χ3v) is 2.20. The molecule has 1 heterocycles. The van der Waals surface area contributed by atoms with Crippen molar-refractivity contribution in [2.75, 3.05) is 12.5 Å². The van der Waals surface area contributed by atoms with Crippen LogP contribution in [0.3, 0.4) is 0 Å². The Morgan fingerprint density at radius 2 is 2.21 bits per heavy atom. The second kappa shape index (κ2) is 4.33. The number of aromatic nitrogens is 2. The smallest absolute Gasteiger partial charge is 0.133 e. The molecule has 0 radical (unpaired) electrons. The second-order valence-electron chi connectivity index (χ2n) is 2.93. The molecule has 0 aliphatic rings. The number of halogens is 1. The summed E-state index contributed by atoms with van der Waals surface area (Å²) in [4.78, 5) is 9.67. The first kappa shape index (κ1) is 9.34. The third-order valence-electron chi connectivity index (χ3n) is 1.93. The first-order chi connectivity index (χ1) is 6.92. The molecule has 0 spiro atoms. The van der Waals surface area contributed by atoms with E-state index in [2.05, 4.69) is 4.98 Å². The maximum Gasteiger partial charge on any atom is 0.133 e. The van der Waals surface area contributed by atoms with Crippen molar-refractivity contribution in [1.82, 2.24) is 9.71 Å². The highest BCUT2D eigenvalue weighted by Crippen LogP contribution is 2.09. The average Bonchev–Trinajstić information content (AvgIpc) is 2.63. The molecular weight excluding hydrogens is 200 g/mol. The first-order valence-corrected chi connectivity index (χ1v) is 5.06. The lowest BCUT2D eigenvalue weighted by Gasteiger charge is -2.05. The Kier molecular flexibility index (Phi) is 2.89. The zero-order chi connectivity index (χ0) is 9.80. The summed E-state index contributed by atoms with van der Waals surface area (Å²) < 4.78 is 1.68. The summed E-state index contributed by atoms with van der Waals surface area (Å²) >= 11 is 5.56. The summed E-state index contributed by atoms with van der Waals surface area (Å²) in [5.41, 5.74) is 1.93. The Balaban J connectivity index is 2.17. The molecule has 1 aromatic carbocycles. The van der Waals surface area contributed by atoms with Crippen molar-refractivity contribution in [3.63, 3.8) is 0 Å². The van der Waals surface area contributed by atoms with Gasteiger partial charge in [0.1, 0.15) is 18.5 Å². The number of nitrogens with zero attached hydrogens (tertiary/aromatic N) is 2. The summed E-state index contributed by atoms with van der Waals surface area (Å²) in [5.74, 6) is 0.618. The molecule has 0 fully saturated rings. The lowest BCUT2D eigenvalue weighted by atomic mass is 10.3. The van der Waals surface area contributed by atoms with E-state index >= 15 is 0 Å². The molecule has 4 heteroatoms. The topological polar surface area (TPSA) is 27.1 Å². The minimum atomic E-state index is 0.615. The number of rotatable bonds is 4. The number of alkyl halides is 1. The van der Waals surface area contributed by atoms with E-state index in [0.717, 1.165) is 17.5 Å². The zero-order valence-corrected chi connectivity index (χ0v) is 8.44. The maximum absolute atomic E-state index is 5.56. The van der Waals surface area contributed by atoms with Gasteiger partial charge in [-0.1, -0.05) is 12.1 Å². The highest BCUT2D eigenvalue weighted by Gasteiger charge is 2.00. The fourth-order valence-electron chi connectivity index (χ4n) is 1.26. The Labute approximate surface area is 87.2 Å². The van der Waals surface area contributed by atoms with E-state index < -0.39 is 0 Å². The highest BCUT2D eigenvalue weighted by atomic mass is 35.5. The molecule has 0 amide bonds. The predicted molar refractivity (Wildman–Crippen MR) is 56.5 cm³/mol. The lowest BCUT2D eigenvalue weighted by molar-refractivity contribution is 0.120. The van der Waals surface area contributed by atoms with Crippen molar-refractivity contribution in [2.45, 2.75) is 6.42 Å². The average molecular weight is 211 g/mol. The number of fused-ring (bicyclic) bond motifs is 1. The monoisotopic (exact) mass is 210 g/mol. The van der Waals surface area contributed by atoms with Crippen molar-refractivity contribution in [3.8, 4) is 0 Å². The van der Waals surface area contributed by atoms with Crippen LogP contribution in [0, 0.1) is 0 Å². The number of para-hydroxylation sites is 2. The van der Waals surface area contributed by atoms with Crippen LogP contribution >= 0.6 is 11.6 Å². The van der Waals surface area contributed by atoms with Crippen molar-refractivity contribution in [1.29, 1.82) is 0 Å². The van der Waals surface area contributed by atoms with Crippen molar-refractivity contribution >= 4 is 22.6 Å². The second-order valence-corrected chi connectivity index (χ2v) is 3.31. The fraction of sp³-hybridized carbons (Fsp3) is 0.300. The Morgan fingerprint density at radius 1 is 1.36 bits per heavy atom. The van der Waals surface area contributed by atoms with Gasteiger partial charge in [0.25, 0.3) is 0 Å². The molecule has 0 bridgehead atoms. The van der Waals surface area contributed by atoms with Crippen LogP contribution in [-0.2, 0) is 0 Å². The van der Waals surface area contributed by atoms with Gasteiger partial charge < -0.3 is 4.84 Å². The molecule has 0 saturated heterocycles. The van der Waals surface area contributed by atoms with E-state index in [1.165, 1.54) is 0 Å². The fourth-order valence-corrected chi connectivity index (χ4v) is 1.37. The zero-order valence-electron chi connectivity index (χ0n) is 7.69. The van der Waals surface area contributed by atoms with Gasteiger partial charge in [0.15, 0.2) is 0 Å². The molecule has 14 heavy (non-hydrogen) atoms. The first-order valence-electron chi connectivity index (χ1n) is 4.53. The van der Waals surface area contributed by atoms with Gasteiger partial charge in [0, 0.05) is 5.88 Å². The third kappa shape index (κ3) is 1.82. The maximum atomic E-state index is 5.56. The predicted octanol–water partition coefficient (Wildman–Crippen LogP) is 2.09. The van der Waals surface area contributed by atoms with Crippen LogP contribution in [0.1, 0.15) is 6.42 Å². The Bertz CT molecular complexity index is 413. The molecule has 74 valence electrons. The molecule has 0 unspecified atom stereocenters. The van der Waals surface area contributed by atoms with Gasteiger partial charge in [-0.15, -0.1) is 11.6 Å². The van der Waals surface area contributed by atoms with Gasteiger partial charge in [-0.2, -0.15) is 4.73 Å². The van der Waals surface area contributed by atoms with Crippen molar-refractivity contribution in [3.05, 3.63) is 30.6 Å². The van der Waals surface area contributed by atoms with Gasteiger partial charge in [-0.3, -0.25) is 0 Å². The minimum absolute atomic E-state index is 0.615. The standard InChI is InChI=1S/C10H11ClN2O/c11-6-3-7-14-13-8-12-9-4-1-2-5-10(9)13/h1-2,4-5,8H,3,6-7H2. The molecule has 0 N–H and O–H groups in total. The molecule has 1 aromatic heterocycles. The number of benzene rings is 1. The van der Waals surface area contributed by atoms with Crippen LogP contribution in [0.4, 0.5) is 0 Å². The SMILES string of the molecule is ClCCCOn1cnc2ccccc21. The quantitative estimate of drug-likeness (QED) is 0.571. The summed E-state index contributed by atoms with van der Waals surface area (Å²) in [6.07, 6.45) is 2.52.